The molecule has 4 heteroatoms. The van der Waals surface area contributed by atoms with Crippen LogP contribution < -0.4 is 4.57 Å². The van der Waals surface area contributed by atoms with E-state index < -0.39 is 0 Å². The molecule has 2 heterocycles. The summed E-state index contributed by atoms with van der Waals surface area (Å²) in [6.07, 6.45) is 0.849. The highest BCUT2D eigenvalue weighted by Crippen LogP contribution is 2.36. The predicted molar refractivity (Wildman–Crippen MR) is 114 cm³/mol. The molecule has 0 bridgehead atoms. The topological polar surface area (TPSA) is 34.8 Å². The molecule has 0 amide bonds. The van der Waals surface area contributed by atoms with Gasteiger partial charge >= 0.3 is 0 Å². The van der Waals surface area contributed by atoms with E-state index in [0.29, 0.717) is 5.92 Å². The standard InChI is InChI=1S/C24H30N3O/c1-15(2)14-20-25-22-19(28-20)13-12-16(3)21(22)23-26(7)17-10-8-9-11-18(17)27(23)24(4,5)6/h8-13,15H,14H2,1-7H3/q+1. The Hall–Kier alpha value is -2.62. The van der Waals surface area contributed by atoms with E-state index in [2.05, 4.69) is 94.1 Å². The second-order valence-electron chi connectivity index (χ2n) is 9.19. The normalized spacial score (nSPS) is 12.6. The minimum absolute atomic E-state index is 0.0741. The predicted octanol–water partition coefficient (Wildman–Crippen LogP) is 5.54. The molecular formula is C24H30N3O+. The second-order valence-corrected chi connectivity index (χ2v) is 9.19. The zero-order valence-corrected chi connectivity index (χ0v) is 18.0. The van der Waals surface area contributed by atoms with Crippen LogP contribution in [0.1, 0.15) is 46.1 Å². The maximum Gasteiger partial charge on any atom is 0.292 e. The van der Waals surface area contributed by atoms with Gasteiger partial charge in [0.1, 0.15) is 11.1 Å². The molecule has 4 nitrogen and oxygen atoms in total. The number of nitrogens with zero attached hydrogens (tertiary/aromatic N) is 3. The SMILES string of the molecule is Cc1ccc2oc(CC(C)C)nc2c1-c1n(C(C)(C)C)c2ccccc2[n+]1C. The van der Waals surface area contributed by atoms with Crippen molar-refractivity contribution >= 4 is 22.1 Å². The zero-order chi connectivity index (χ0) is 20.2. The van der Waals surface area contributed by atoms with Gasteiger partial charge in [0.05, 0.1) is 12.6 Å². The van der Waals surface area contributed by atoms with Gasteiger partial charge in [-0.2, -0.15) is 0 Å². The highest BCUT2D eigenvalue weighted by Gasteiger charge is 2.34. The summed E-state index contributed by atoms with van der Waals surface area (Å²) in [5.74, 6) is 2.49. The molecule has 0 radical (unpaired) electrons. The van der Waals surface area contributed by atoms with Crippen LogP contribution in [0.15, 0.2) is 40.8 Å². The van der Waals surface area contributed by atoms with E-state index in [1.54, 1.807) is 0 Å². The van der Waals surface area contributed by atoms with E-state index in [9.17, 15) is 0 Å². The second kappa shape index (κ2) is 6.47. The Labute approximate surface area is 166 Å². The van der Waals surface area contributed by atoms with Crippen LogP contribution in [-0.4, -0.2) is 9.55 Å². The fourth-order valence-corrected chi connectivity index (χ4v) is 4.13. The smallest absolute Gasteiger partial charge is 0.292 e. The summed E-state index contributed by atoms with van der Waals surface area (Å²) >= 11 is 0. The number of hydrogen-bond acceptors (Lipinski definition) is 2. The van der Waals surface area contributed by atoms with Crippen LogP contribution >= 0.6 is 0 Å². The lowest BCUT2D eigenvalue weighted by molar-refractivity contribution is -0.634. The lowest BCUT2D eigenvalue weighted by Crippen LogP contribution is -2.33. The van der Waals surface area contributed by atoms with E-state index in [4.69, 9.17) is 9.40 Å². The molecule has 0 unspecified atom stereocenters. The molecule has 28 heavy (non-hydrogen) atoms. The molecule has 0 aliphatic heterocycles. The number of rotatable bonds is 3. The van der Waals surface area contributed by atoms with Crippen molar-refractivity contribution in [2.45, 2.75) is 53.5 Å². The van der Waals surface area contributed by atoms with Gasteiger partial charge in [0.15, 0.2) is 22.5 Å². The van der Waals surface area contributed by atoms with Crippen molar-refractivity contribution in [2.75, 3.05) is 0 Å². The maximum absolute atomic E-state index is 6.11. The van der Waals surface area contributed by atoms with Crippen LogP contribution in [-0.2, 0) is 19.0 Å². The monoisotopic (exact) mass is 376 g/mol. The van der Waals surface area contributed by atoms with Gasteiger partial charge < -0.3 is 4.42 Å². The molecule has 0 fully saturated rings. The zero-order valence-electron chi connectivity index (χ0n) is 18.0. The first-order valence-electron chi connectivity index (χ1n) is 10.1. The lowest BCUT2D eigenvalue weighted by Gasteiger charge is -2.19. The van der Waals surface area contributed by atoms with Gasteiger partial charge in [-0.3, -0.25) is 0 Å². The van der Waals surface area contributed by atoms with Crippen LogP contribution in [0, 0.1) is 12.8 Å². The van der Waals surface area contributed by atoms with Crippen molar-refractivity contribution in [1.82, 2.24) is 9.55 Å². The minimum Gasteiger partial charge on any atom is -0.441 e. The first-order chi connectivity index (χ1) is 13.2. The van der Waals surface area contributed by atoms with E-state index in [1.165, 1.54) is 22.4 Å². The Morgan fingerprint density at radius 3 is 2.50 bits per heavy atom. The number of para-hydroxylation sites is 2. The molecule has 2 aromatic heterocycles. The quantitative estimate of drug-likeness (QED) is 0.440. The average Bonchev–Trinajstić information content (AvgIpc) is 3.13. The highest BCUT2D eigenvalue weighted by molar-refractivity contribution is 5.92. The van der Waals surface area contributed by atoms with Crippen LogP contribution in [0.4, 0.5) is 0 Å². The van der Waals surface area contributed by atoms with Gasteiger partial charge in [-0.25, -0.2) is 14.1 Å². The van der Waals surface area contributed by atoms with Crippen LogP contribution in [0.25, 0.3) is 33.5 Å². The van der Waals surface area contributed by atoms with Crippen molar-refractivity contribution < 1.29 is 8.98 Å². The molecule has 2 aromatic carbocycles. The number of aromatic nitrogens is 3. The van der Waals surface area contributed by atoms with Crippen LogP contribution in [0.5, 0.6) is 0 Å². The third-order valence-corrected chi connectivity index (χ3v) is 5.30. The fourth-order valence-electron chi connectivity index (χ4n) is 4.13. The van der Waals surface area contributed by atoms with Gasteiger partial charge in [-0.05, 0) is 57.4 Å². The summed E-state index contributed by atoms with van der Waals surface area (Å²) < 4.78 is 10.8. The van der Waals surface area contributed by atoms with E-state index >= 15 is 0 Å². The van der Waals surface area contributed by atoms with E-state index in [-0.39, 0.29) is 5.54 Å². The molecule has 0 spiro atoms. The van der Waals surface area contributed by atoms with Crippen molar-refractivity contribution in [2.24, 2.45) is 13.0 Å². The van der Waals surface area contributed by atoms with E-state index in [0.717, 1.165) is 29.0 Å². The van der Waals surface area contributed by atoms with Crippen LogP contribution in [0.2, 0.25) is 0 Å². The number of oxazole rings is 1. The molecule has 0 N–H and O–H groups in total. The highest BCUT2D eigenvalue weighted by atomic mass is 16.3. The van der Waals surface area contributed by atoms with Gasteiger partial charge in [-0.15, -0.1) is 0 Å². The van der Waals surface area contributed by atoms with Crippen molar-refractivity contribution in [1.29, 1.82) is 0 Å². The molecule has 0 aliphatic rings. The third-order valence-electron chi connectivity index (χ3n) is 5.30. The summed E-state index contributed by atoms with van der Waals surface area (Å²) in [4.78, 5) is 4.93. The van der Waals surface area contributed by atoms with E-state index in [1.807, 2.05) is 0 Å². The summed E-state index contributed by atoms with van der Waals surface area (Å²) in [7, 11) is 2.15. The number of fused-ring (bicyclic) bond motifs is 2. The molecule has 0 atom stereocenters. The van der Waals surface area contributed by atoms with Gasteiger partial charge in [0, 0.05) is 6.42 Å². The Morgan fingerprint density at radius 2 is 1.82 bits per heavy atom. The van der Waals surface area contributed by atoms with Gasteiger partial charge in [0.25, 0.3) is 5.82 Å². The number of benzene rings is 2. The summed E-state index contributed by atoms with van der Waals surface area (Å²) in [6, 6.07) is 12.8. The largest absolute Gasteiger partial charge is 0.441 e. The Morgan fingerprint density at radius 1 is 1.11 bits per heavy atom. The van der Waals surface area contributed by atoms with Crippen molar-refractivity contribution in [3.8, 4) is 11.4 Å². The fraction of sp³-hybridized carbons (Fsp3) is 0.417. The number of hydrogen-bond donors (Lipinski definition) is 0. The number of imidazole rings is 1. The van der Waals surface area contributed by atoms with Crippen LogP contribution in [0.3, 0.4) is 0 Å². The lowest BCUT2D eigenvalue weighted by atomic mass is 10.0. The summed E-state index contributed by atoms with van der Waals surface area (Å²) in [6.45, 7) is 13.3. The van der Waals surface area contributed by atoms with Gasteiger partial charge in [0.2, 0.25) is 0 Å². The third kappa shape index (κ3) is 2.92. The summed E-state index contributed by atoms with van der Waals surface area (Å²) in [5.41, 5.74) is 6.56. The molecule has 0 aliphatic carbocycles. The summed E-state index contributed by atoms with van der Waals surface area (Å²) in [5, 5.41) is 0. The number of aryl methyl sites for hydroxylation is 2. The molecule has 146 valence electrons. The average molecular weight is 377 g/mol. The molecular weight excluding hydrogens is 346 g/mol. The Balaban J connectivity index is 2.11. The Bertz CT molecular complexity index is 1170. The van der Waals surface area contributed by atoms with Gasteiger partial charge in [-0.1, -0.05) is 32.0 Å². The van der Waals surface area contributed by atoms with Crippen molar-refractivity contribution in [3.63, 3.8) is 0 Å². The minimum atomic E-state index is -0.0741. The van der Waals surface area contributed by atoms with Crippen molar-refractivity contribution in [3.05, 3.63) is 47.9 Å². The molecule has 0 saturated heterocycles. The molecule has 4 rings (SSSR count). The first kappa shape index (κ1) is 18.7. The molecule has 4 aromatic rings. The molecule has 0 saturated carbocycles. The first-order valence-corrected chi connectivity index (χ1v) is 10.1. The maximum atomic E-state index is 6.11. The Kier molecular flexibility index (Phi) is 4.33.